The molecule has 0 spiro atoms. The molecule has 0 aliphatic carbocycles. The molecule has 0 bridgehead atoms. The zero-order valence-corrected chi connectivity index (χ0v) is 11.4. The molecule has 1 aromatic heterocycles. The van der Waals surface area contributed by atoms with Crippen LogP contribution >= 0.6 is 0 Å². The summed E-state index contributed by atoms with van der Waals surface area (Å²) in [5, 5.41) is 9.01. The van der Waals surface area contributed by atoms with Crippen LogP contribution in [-0.4, -0.2) is 23.2 Å². The van der Waals surface area contributed by atoms with Gasteiger partial charge in [0.05, 0.1) is 11.5 Å². The van der Waals surface area contributed by atoms with Gasteiger partial charge < -0.3 is 4.84 Å². The van der Waals surface area contributed by atoms with E-state index in [1.54, 1.807) is 11.0 Å². The fraction of sp³-hybridized carbons (Fsp3) is 0.333. The first-order valence-electron chi connectivity index (χ1n) is 5.66. The zero-order chi connectivity index (χ0) is 12.3. The van der Waals surface area contributed by atoms with Crippen molar-refractivity contribution in [2.45, 2.75) is 26.2 Å². The molecule has 90 valence electrons. The van der Waals surface area contributed by atoms with Crippen molar-refractivity contribution in [3.63, 3.8) is 0 Å². The van der Waals surface area contributed by atoms with Crippen LogP contribution in [0.5, 0.6) is 0 Å². The van der Waals surface area contributed by atoms with Crippen LogP contribution in [-0.2, 0) is 6.61 Å². The standard InChI is InChI=1S/C12H17N3OSi/c1-17(2,3)12-9-13-14-15(12)16-10-11-7-5-4-6-8-11/h4-9H,10H2,1-3H3. The Balaban J connectivity index is 2.08. The van der Waals surface area contributed by atoms with Crippen molar-refractivity contribution in [1.29, 1.82) is 0 Å². The number of hydrogen-bond donors (Lipinski definition) is 0. The summed E-state index contributed by atoms with van der Waals surface area (Å²) in [6.45, 7) is 7.25. The predicted octanol–water partition coefficient (Wildman–Crippen LogP) is 1.45. The normalized spacial score (nSPS) is 11.5. The number of nitrogens with zero attached hydrogens (tertiary/aromatic N) is 3. The van der Waals surface area contributed by atoms with Gasteiger partial charge in [0.2, 0.25) is 0 Å². The molecule has 0 fully saturated rings. The lowest BCUT2D eigenvalue weighted by Gasteiger charge is -2.16. The highest BCUT2D eigenvalue weighted by Crippen LogP contribution is 2.01. The first-order valence-corrected chi connectivity index (χ1v) is 9.16. The average Bonchev–Trinajstić information content (AvgIpc) is 2.75. The van der Waals surface area contributed by atoms with E-state index in [9.17, 15) is 0 Å². The fourth-order valence-corrected chi connectivity index (χ4v) is 2.64. The molecule has 0 aliphatic rings. The van der Waals surface area contributed by atoms with Crippen LogP contribution in [0.4, 0.5) is 0 Å². The Hall–Kier alpha value is -1.62. The maximum Gasteiger partial charge on any atom is 0.142 e. The van der Waals surface area contributed by atoms with Crippen molar-refractivity contribution in [2.75, 3.05) is 0 Å². The minimum absolute atomic E-state index is 0.516. The molecule has 1 heterocycles. The van der Waals surface area contributed by atoms with Crippen LogP contribution in [0, 0.1) is 0 Å². The molecule has 17 heavy (non-hydrogen) atoms. The van der Waals surface area contributed by atoms with Crippen LogP contribution in [0.1, 0.15) is 5.56 Å². The SMILES string of the molecule is C[Si](C)(C)c1cnnn1OCc1ccccc1. The van der Waals surface area contributed by atoms with E-state index in [4.69, 9.17) is 4.84 Å². The minimum Gasteiger partial charge on any atom is -0.391 e. The summed E-state index contributed by atoms with van der Waals surface area (Å²) in [6.07, 6.45) is 1.80. The highest BCUT2D eigenvalue weighted by atomic mass is 28.3. The monoisotopic (exact) mass is 247 g/mol. The van der Waals surface area contributed by atoms with E-state index in [2.05, 4.69) is 30.0 Å². The van der Waals surface area contributed by atoms with Crippen molar-refractivity contribution in [1.82, 2.24) is 15.2 Å². The molecular weight excluding hydrogens is 230 g/mol. The van der Waals surface area contributed by atoms with Crippen LogP contribution in [0.3, 0.4) is 0 Å². The Labute approximate surface area is 102 Å². The minimum atomic E-state index is -1.45. The number of hydrogen-bond acceptors (Lipinski definition) is 3. The van der Waals surface area contributed by atoms with E-state index in [0.717, 1.165) is 10.9 Å². The van der Waals surface area contributed by atoms with Crippen molar-refractivity contribution >= 4 is 13.4 Å². The number of benzene rings is 1. The van der Waals surface area contributed by atoms with Crippen LogP contribution in [0.15, 0.2) is 36.5 Å². The predicted molar refractivity (Wildman–Crippen MR) is 69.7 cm³/mol. The second-order valence-corrected chi connectivity index (χ2v) is 10.0. The van der Waals surface area contributed by atoms with Gasteiger partial charge in [-0.15, -0.1) is 5.10 Å². The van der Waals surface area contributed by atoms with Gasteiger partial charge in [0.25, 0.3) is 0 Å². The number of aromatic nitrogens is 3. The van der Waals surface area contributed by atoms with E-state index in [1.165, 1.54) is 0 Å². The summed E-state index contributed by atoms with van der Waals surface area (Å²) in [4.78, 5) is 7.24. The fourth-order valence-electron chi connectivity index (χ4n) is 1.51. The van der Waals surface area contributed by atoms with E-state index in [-0.39, 0.29) is 0 Å². The zero-order valence-electron chi connectivity index (χ0n) is 10.4. The smallest absolute Gasteiger partial charge is 0.142 e. The molecular formula is C12H17N3OSi. The maximum absolute atomic E-state index is 5.67. The molecule has 4 nitrogen and oxygen atoms in total. The molecule has 5 heteroatoms. The van der Waals surface area contributed by atoms with Crippen molar-refractivity contribution < 1.29 is 4.84 Å². The summed E-state index contributed by atoms with van der Waals surface area (Å²) in [6, 6.07) is 10.1. The Morgan fingerprint density at radius 3 is 2.53 bits per heavy atom. The lowest BCUT2D eigenvalue weighted by molar-refractivity contribution is 0.0721. The Bertz CT molecular complexity index is 476. The molecule has 1 aromatic carbocycles. The number of rotatable bonds is 4. The van der Waals surface area contributed by atoms with Gasteiger partial charge in [0, 0.05) is 0 Å². The van der Waals surface area contributed by atoms with Gasteiger partial charge in [0.1, 0.15) is 14.7 Å². The first kappa shape index (κ1) is 11.9. The van der Waals surface area contributed by atoms with Crippen molar-refractivity contribution in [3.8, 4) is 0 Å². The van der Waals surface area contributed by atoms with E-state index in [1.807, 2.05) is 30.3 Å². The first-order chi connectivity index (χ1) is 8.07. The summed E-state index contributed by atoms with van der Waals surface area (Å²) >= 11 is 0. The third-order valence-corrected chi connectivity index (χ3v) is 4.34. The summed E-state index contributed by atoms with van der Waals surface area (Å²) in [5.41, 5.74) is 1.13. The van der Waals surface area contributed by atoms with Crippen molar-refractivity contribution in [2.24, 2.45) is 0 Å². The quantitative estimate of drug-likeness (QED) is 0.768. The molecule has 0 atom stereocenters. The lowest BCUT2D eigenvalue weighted by atomic mass is 10.2. The highest BCUT2D eigenvalue weighted by Gasteiger charge is 2.23. The summed E-state index contributed by atoms with van der Waals surface area (Å²) in [7, 11) is -1.45. The van der Waals surface area contributed by atoms with Gasteiger partial charge in [-0.2, -0.15) is 0 Å². The third kappa shape index (κ3) is 2.94. The second kappa shape index (κ2) is 4.71. The van der Waals surface area contributed by atoms with Gasteiger partial charge in [-0.1, -0.05) is 54.8 Å². The molecule has 0 N–H and O–H groups in total. The van der Waals surface area contributed by atoms with Crippen LogP contribution in [0.25, 0.3) is 0 Å². The highest BCUT2D eigenvalue weighted by molar-refractivity contribution is 6.88. The van der Waals surface area contributed by atoms with Crippen molar-refractivity contribution in [3.05, 3.63) is 42.1 Å². The van der Waals surface area contributed by atoms with Crippen LogP contribution < -0.4 is 10.2 Å². The summed E-state index contributed by atoms with van der Waals surface area (Å²) in [5.74, 6) is 0. The van der Waals surface area contributed by atoms with Gasteiger partial charge in [-0.3, -0.25) is 0 Å². The topological polar surface area (TPSA) is 39.9 Å². The molecule has 2 aromatic rings. The van der Waals surface area contributed by atoms with Crippen LogP contribution in [0.2, 0.25) is 19.6 Å². The Kier molecular flexibility index (Phi) is 3.28. The Morgan fingerprint density at radius 1 is 1.18 bits per heavy atom. The van der Waals surface area contributed by atoms with Gasteiger partial charge in [0.15, 0.2) is 0 Å². The molecule has 0 amide bonds. The Morgan fingerprint density at radius 2 is 1.88 bits per heavy atom. The molecule has 0 aliphatic heterocycles. The molecule has 0 radical (unpaired) electrons. The molecule has 2 rings (SSSR count). The largest absolute Gasteiger partial charge is 0.391 e. The molecule has 0 saturated carbocycles. The van der Waals surface area contributed by atoms with E-state index < -0.39 is 8.07 Å². The maximum atomic E-state index is 5.67. The summed E-state index contributed by atoms with van der Waals surface area (Å²) < 4.78 is 0. The molecule has 0 unspecified atom stereocenters. The third-order valence-electron chi connectivity index (χ3n) is 2.48. The average molecular weight is 247 g/mol. The van der Waals surface area contributed by atoms with E-state index >= 15 is 0 Å². The van der Waals surface area contributed by atoms with Gasteiger partial charge >= 0.3 is 0 Å². The van der Waals surface area contributed by atoms with E-state index in [0.29, 0.717) is 6.61 Å². The molecule has 0 saturated heterocycles. The lowest BCUT2D eigenvalue weighted by Crippen LogP contribution is -2.45. The van der Waals surface area contributed by atoms with Gasteiger partial charge in [-0.25, -0.2) is 0 Å². The second-order valence-electron chi connectivity index (χ2n) is 5.00. The van der Waals surface area contributed by atoms with Gasteiger partial charge in [-0.05, 0) is 10.8 Å².